The quantitative estimate of drug-likeness (QED) is 0.397. The van der Waals surface area contributed by atoms with Gasteiger partial charge in [0.25, 0.3) is 0 Å². The zero-order chi connectivity index (χ0) is 26.7. The maximum Gasteiger partial charge on any atom is 0.199 e. The summed E-state index contributed by atoms with van der Waals surface area (Å²) in [5.74, 6) is -0.736. The highest BCUT2D eigenvalue weighted by Gasteiger charge is 2.56. The smallest absolute Gasteiger partial charge is 0.199 e. The van der Waals surface area contributed by atoms with Crippen LogP contribution in [-0.4, -0.2) is 52.9 Å². The van der Waals surface area contributed by atoms with Crippen molar-refractivity contribution in [1.29, 1.82) is 0 Å². The van der Waals surface area contributed by atoms with Crippen molar-refractivity contribution in [2.75, 3.05) is 6.61 Å². The van der Waals surface area contributed by atoms with Gasteiger partial charge in [0, 0.05) is 0 Å². The average molecular weight is 519 g/mol. The van der Waals surface area contributed by atoms with E-state index in [-0.39, 0.29) is 35.7 Å². The molecule has 1 saturated carbocycles. The van der Waals surface area contributed by atoms with Crippen LogP contribution in [0, 0.1) is 17.0 Å². The van der Waals surface area contributed by atoms with Gasteiger partial charge in [-0.25, -0.2) is 23.4 Å². The van der Waals surface area contributed by atoms with Gasteiger partial charge in [-0.15, -0.1) is 10.2 Å². The third-order valence-corrected chi connectivity index (χ3v) is 8.05. The number of hydrogen-bond donors (Lipinski definition) is 2. The van der Waals surface area contributed by atoms with Crippen LogP contribution >= 0.6 is 0 Å². The second-order valence-corrected chi connectivity index (χ2v) is 11.0. The number of halogens is 2. The molecule has 0 saturated heterocycles. The molecular weight excluding hydrogens is 490 g/mol. The Morgan fingerprint density at radius 2 is 1.84 bits per heavy atom. The van der Waals surface area contributed by atoms with Crippen molar-refractivity contribution in [2.45, 2.75) is 57.1 Å². The molecule has 2 N–H and O–H groups in total. The molecule has 3 aliphatic carbocycles. The van der Waals surface area contributed by atoms with Gasteiger partial charge in [-0.2, -0.15) is 5.10 Å². The maximum absolute atomic E-state index is 14.6. The van der Waals surface area contributed by atoms with E-state index in [1.165, 1.54) is 29.2 Å². The van der Waals surface area contributed by atoms with Gasteiger partial charge in [0.2, 0.25) is 0 Å². The highest BCUT2D eigenvalue weighted by atomic mass is 19.1. The van der Waals surface area contributed by atoms with Crippen molar-refractivity contribution in [2.24, 2.45) is 5.41 Å². The molecule has 0 unspecified atom stereocenters. The number of benzene rings is 1. The van der Waals surface area contributed by atoms with Crippen molar-refractivity contribution >= 4 is 0 Å². The predicted molar refractivity (Wildman–Crippen MR) is 135 cm³/mol. The lowest BCUT2D eigenvalue weighted by Gasteiger charge is -2.54. The monoisotopic (exact) mass is 518 g/mol. The molecule has 0 aliphatic heterocycles. The highest BCUT2D eigenvalue weighted by molar-refractivity contribution is 5.63. The molecule has 38 heavy (non-hydrogen) atoms. The Bertz CT molecular complexity index is 1500. The number of aromatic nitrogens is 6. The standard InChI is InChI=1S/C28H28F2N6O2/c1-27(2)14-28(23-8-4-7-21(32-23)26-31-15-36(35-26)12-16(38)13-37)10-9-18(27)17-11-22(33-34-25(17)28)24-19(29)5-3-6-20(24)30/h3-8,11,15-16,18,37-38H,9-10,12-14H2,1-2H3/t16-,18-,28-/m0/s1. The van der Waals surface area contributed by atoms with Gasteiger partial charge in [0.05, 0.1) is 47.3 Å². The van der Waals surface area contributed by atoms with E-state index in [0.717, 1.165) is 36.2 Å². The van der Waals surface area contributed by atoms with Crippen LogP contribution in [0.15, 0.2) is 48.8 Å². The molecule has 3 atom stereocenters. The highest BCUT2D eigenvalue weighted by Crippen LogP contribution is 2.62. The molecule has 1 aromatic carbocycles. The molecule has 0 spiro atoms. The normalized spacial score (nSPS) is 22.3. The topological polar surface area (TPSA) is 110 Å². The van der Waals surface area contributed by atoms with E-state index in [0.29, 0.717) is 11.5 Å². The summed E-state index contributed by atoms with van der Waals surface area (Å²) in [5, 5.41) is 32.2. The molecule has 0 radical (unpaired) electrons. The van der Waals surface area contributed by atoms with E-state index in [1.807, 2.05) is 24.3 Å². The first-order chi connectivity index (χ1) is 18.2. The molecule has 2 bridgehead atoms. The van der Waals surface area contributed by atoms with Crippen LogP contribution in [0.25, 0.3) is 22.8 Å². The maximum atomic E-state index is 14.6. The zero-order valence-corrected chi connectivity index (χ0v) is 21.1. The average Bonchev–Trinajstić information content (AvgIpc) is 3.36. The van der Waals surface area contributed by atoms with E-state index in [1.54, 1.807) is 0 Å². The van der Waals surface area contributed by atoms with Crippen LogP contribution in [0.3, 0.4) is 0 Å². The number of pyridine rings is 1. The molecule has 1 fully saturated rings. The number of rotatable bonds is 6. The Balaban J connectivity index is 1.44. The number of aliphatic hydroxyl groups excluding tert-OH is 2. The molecule has 196 valence electrons. The summed E-state index contributed by atoms with van der Waals surface area (Å²) in [4.78, 5) is 9.33. The van der Waals surface area contributed by atoms with E-state index in [9.17, 15) is 13.9 Å². The number of nitrogens with zero attached hydrogens (tertiary/aromatic N) is 6. The molecule has 3 aromatic heterocycles. The molecule has 4 aromatic rings. The second-order valence-electron chi connectivity index (χ2n) is 11.0. The van der Waals surface area contributed by atoms with Crippen LogP contribution in [0.5, 0.6) is 0 Å². The Morgan fingerprint density at radius 1 is 1.08 bits per heavy atom. The second kappa shape index (κ2) is 8.99. The van der Waals surface area contributed by atoms with Crippen LogP contribution in [0.2, 0.25) is 0 Å². The summed E-state index contributed by atoms with van der Waals surface area (Å²) < 4.78 is 30.7. The summed E-state index contributed by atoms with van der Waals surface area (Å²) in [5.41, 5.74) is 2.60. The third kappa shape index (κ3) is 3.90. The van der Waals surface area contributed by atoms with Crippen LogP contribution in [-0.2, 0) is 12.0 Å². The Labute approximate surface area is 218 Å². The molecule has 3 heterocycles. The van der Waals surface area contributed by atoms with Gasteiger partial charge in [-0.05, 0) is 66.5 Å². The Hall–Kier alpha value is -3.63. The first kappa shape index (κ1) is 24.7. The van der Waals surface area contributed by atoms with Crippen molar-refractivity contribution in [3.63, 3.8) is 0 Å². The van der Waals surface area contributed by atoms with Gasteiger partial charge in [0.15, 0.2) is 5.82 Å². The Morgan fingerprint density at radius 3 is 2.58 bits per heavy atom. The summed E-state index contributed by atoms with van der Waals surface area (Å²) in [6.45, 7) is 4.19. The lowest BCUT2D eigenvalue weighted by molar-refractivity contribution is 0.0782. The van der Waals surface area contributed by atoms with Crippen LogP contribution < -0.4 is 0 Å². The lowest BCUT2D eigenvalue weighted by atomic mass is 9.49. The van der Waals surface area contributed by atoms with E-state index in [4.69, 9.17) is 10.1 Å². The largest absolute Gasteiger partial charge is 0.394 e. The van der Waals surface area contributed by atoms with E-state index < -0.39 is 23.2 Å². The molecule has 7 rings (SSSR count). The minimum absolute atomic E-state index is 0.0999. The third-order valence-electron chi connectivity index (χ3n) is 8.05. The van der Waals surface area contributed by atoms with Crippen molar-refractivity contribution < 1.29 is 19.0 Å². The fraction of sp³-hybridized carbons (Fsp3) is 0.393. The van der Waals surface area contributed by atoms with Crippen LogP contribution in [0.4, 0.5) is 8.78 Å². The van der Waals surface area contributed by atoms with Gasteiger partial charge < -0.3 is 10.2 Å². The number of aliphatic hydroxyl groups is 2. The fourth-order valence-corrected chi connectivity index (χ4v) is 6.40. The number of hydrogen-bond acceptors (Lipinski definition) is 7. The van der Waals surface area contributed by atoms with Gasteiger partial charge in [-0.3, -0.25) is 0 Å². The Kier molecular flexibility index (Phi) is 5.84. The van der Waals surface area contributed by atoms with Gasteiger partial charge >= 0.3 is 0 Å². The number of fused-ring (bicyclic) bond motifs is 2. The SMILES string of the molecule is CC1(C)C[C@]2(c3cccc(-c4ncn(C[C@H](O)CO)n4)n3)CC[C@H]1c1cc(-c3c(F)cccc3F)nnc12. The lowest BCUT2D eigenvalue weighted by Crippen LogP contribution is -2.48. The first-order valence-corrected chi connectivity index (χ1v) is 12.7. The van der Waals surface area contributed by atoms with Crippen molar-refractivity contribution in [3.05, 3.63) is 77.4 Å². The predicted octanol–water partition coefficient (Wildman–Crippen LogP) is 4.02. The zero-order valence-electron chi connectivity index (χ0n) is 21.1. The first-order valence-electron chi connectivity index (χ1n) is 12.7. The fourth-order valence-electron chi connectivity index (χ4n) is 6.40. The van der Waals surface area contributed by atoms with E-state index in [2.05, 4.69) is 34.1 Å². The molecule has 10 heteroatoms. The molecule has 8 nitrogen and oxygen atoms in total. The minimum atomic E-state index is -0.930. The molecule has 0 amide bonds. The van der Waals surface area contributed by atoms with Crippen LogP contribution in [0.1, 0.15) is 56.0 Å². The molecule has 3 aliphatic rings. The minimum Gasteiger partial charge on any atom is -0.394 e. The van der Waals surface area contributed by atoms with Gasteiger partial charge in [-0.1, -0.05) is 26.0 Å². The summed E-state index contributed by atoms with van der Waals surface area (Å²) in [7, 11) is 0. The summed E-state index contributed by atoms with van der Waals surface area (Å²) in [6, 6.07) is 11.3. The summed E-state index contributed by atoms with van der Waals surface area (Å²) in [6.07, 6.45) is 3.10. The van der Waals surface area contributed by atoms with Crippen molar-refractivity contribution in [1.82, 2.24) is 29.9 Å². The van der Waals surface area contributed by atoms with Crippen molar-refractivity contribution in [3.8, 4) is 22.8 Å². The van der Waals surface area contributed by atoms with E-state index >= 15 is 0 Å². The van der Waals surface area contributed by atoms with Gasteiger partial charge in [0.1, 0.15) is 23.7 Å². The molecular formula is C28H28F2N6O2. The summed E-state index contributed by atoms with van der Waals surface area (Å²) >= 11 is 0.